The zero-order valence-corrected chi connectivity index (χ0v) is 18.8. The van der Waals surface area contributed by atoms with Gasteiger partial charge in [-0.25, -0.2) is 22.2 Å². The van der Waals surface area contributed by atoms with Crippen LogP contribution >= 0.6 is 33.9 Å². The van der Waals surface area contributed by atoms with Crippen LogP contribution in [-0.4, -0.2) is 25.2 Å². The molecule has 10 heteroatoms. The van der Waals surface area contributed by atoms with Crippen LogP contribution < -0.4 is 9.62 Å². The summed E-state index contributed by atoms with van der Waals surface area (Å²) in [5.41, 5.74) is 1.62. The molecule has 1 aliphatic rings. The lowest BCUT2D eigenvalue weighted by atomic mass is 10.2. The lowest BCUT2D eigenvalue weighted by Gasteiger charge is -2.26. The van der Waals surface area contributed by atoms with Crippen LogP contribution in [0.5, 0.6) is 0 Å². The van der Waals surface area contributed by atoms with Gasteiger partial charge in [-0.1, -0.05) is 6.08 Å². The maximum Gasteiger partial charge on any atom is 0.238 e. The van der Waals surface area contributed by atoms with Crippen molar-refractivity contribution in [2.24, 2.45) is 0 Å². The first-order valence-corrected chi connectivity index (χ1v) is 12.2. The molecular weight excluding hydrogens is 531 g/mol. The van der Waals surface area contributed by atoms with Crippen LogP contribution in [0.25, 0.3) is 10.2 Å². The van der Waals surface area contributed by atoms with E-state index in [2.05, 4.69) is 16.9 Å². The molecule has 4 rings (SSSR count). The molecule has 1 aromatic heterocycles. The molecule has 0 amide bonds. The molecule has 3 aromatic rings. The topological polar surface area (TPSA) is 62.3 Å². The van der Waals surface area contributed by atoms with Gasteiger partial charge in [0.2, 0.25) is 10.0 Å². The number of anilines is 3. The number of aromatic nitrogens is 1. The van der Waals surface area contributed by atoms with E-state index >= 15 is 4.39 Å². The lowest BCUT2D eigenvalue weighted by Crippen LogP contribution is -2.34. The number of benzene rings is 2. The molecule has 1 N–H and O–H groups in total. The maximum atomic E-state index is 15.4. The summed E-state index contributed by atoms with van der Waals surface area (Å²) in [5.74, 6) is -1.29. The second-order valence-corrected chi connectivity index (χ2v) is 10.9. The van der Waals surface area contributed by atoms with E-state index in [0.29, 0.717) is 21.1 Å². The van der Waals surface area contributed by atoms with Gasteiger partial charge in [-0.15, -0.1) is 17.9 Å². The minimum absolute atomic E-state index is 0.0214. The van der Waals surface area contributed by atoms with Crippen LogP contribution in [0.3, 0.4) is 0 Å². The molecule has 0 spiro atoms. The van der Waals surface area contributed by atoms with Gasteiger partial charge >= 0.3 is 0 Å². The van der Waals surface area contributed by atoms with Crippen molar-refractivity contribution in [3.05, 3.63) is 57.6 Å². The Bertz CT molecular complexity index is 1210. The van der Waals surface area contributed by atoms with Crippen molar-refractivity contribution in [1.82, 2.24) is 4.98 Å². The number of nitrogens with one attached hydrogen (secondary N) is 1. The Balaban J connectivity index is 1.91. The van der Waals surface area contributed by atoms with E-state index in [4.69, 9.17) is 0 Å². The third kappa shape index (κ3) is 3.84. The molecular formula is C19H16F2IN3O2S2. The van der Waals surface area contributed by atoms with E-state index in [1.165, 1.54) is 35.1 Å². The lowest BCUT2D eigenvalue weighted by molar-refractivity contribution is 0.591. The monoisotopic (exact) mass is 547 g/mol. The number of rotatable bonds is 7. The summed E-state index contributed by atoms with van der Waals surface area (Å²) in [5, 5.41) is 2.26. The molecule has 0 aliphatic heterocycles. The number of sulfonamides is 1. The maximum absolute atomic E-state index is 15.4. The summed E-state index contributed by atoms with van der Waals surface area (Å²) in [6.45, 7) is 3.62. The predicted molar refractivity (Wildman–Crippen MR) is 121 cm³/mol. The first-order chi connectivity index (χ1) is 13.8. The number of thiazole rings is 1. The van der Waals surface area contributed by atoms with Crippen LogP contribution in [0, 0.1) is 15.2 Å². The highest BCUT2D eigenvalue weighted by Gasteiger charge is 2.41. The van der Waals surface area contributed by atoms with E-state index < -0.39 is 26.9 Å². The number of fused-ring (bicyclic) bond motifs is 1. The first-order valence-electron chi connectivity index (χ1n) is 8.73. The fourth-order valence-electron chi connectivity index (χ4n) is 2.99. The Morgan fingerprint density at radius 3 is 2.76 bits per heavy atom. The largest absolute Gasteiger partial charge is 0.349 e. The highest BCUT2D eigenvalue weighted by molar-refractivity contribution is 14.1. The molecule has 152 valence electrons. The van der Waals surface area contributed by atoms with E-state index in [-0.39, 0.29) is 29.1 Å². The highest BCUT2D eigenvalue weighted by Crippen LogP contribution is 2.42. The van der Waals surface area contributed by atoms with Gasteiger partial charge in [0, 0.05) is 3.57 Å². The molecule has 1 fully saturated rings. The summed E-state index contributed by atoms with van der Waals surface area (Å²) in [6, 6.07) is 6.04. The summed E-state index contributed by atoms with van der Waals surface area (Å²) < 4.78 is 58.2. The third-order valence-electron chi connectivity index (χ3n) is 4.55. The molecule has 1 heterocycles. The molecule has 29 heavy (non-hydrogen) atoms. The normalized spacial score (nSPS) is 14.2. The van der Waals surface area contributed by atoms with Crippen molar-refractivity contribution < 1.29 is 17.2 Å². The summed E-state index contributed by atoms with van der Waals surface area (Å²) in [4.78, 5) is 4.03. The highest BCUT2D eigenvalue weighted by atomic mass is 127. The number of hydrogen-bond acceptors (Lipinski definition) is 5. The Kier molecular flexibility index (Phi) is 5.51. The van der Waals surface area contributed by atoms with E-state index in [1.807, 2.05) is 22.6 Å². The van der Waals surface area contributed by atoms with Crippen LogP contribution in [0.15, 0.2) is 42.4 Å². The molecule has 0 saturated heterocycles. The van der Waals surface area contributed by atoms with E-state index in [9.17, 15) is 12.8 Å². The molecule has 0 radical (unpaired) electrons. The summed E-state index contributed by atoms with van der Waals surface area (Å²) in [6.07, 6.45) is 2.58. The van der Waals surface area contributed by atoms with Gasteiger partial charge < -0.3 is 5.32 Å². The van der Waals surface area contributed by atoms with Gasteiger partial charge in [0.15, 0.2) is 5.82 Å². The predicted octanol–water partition coefficient (Wildman–Crippen LogP) is 5.41. The zero-order valence-electron chi connectivity index (χ0n) is 15.0. The van der Waals surface area contributed by atoms with Gasteiger partial charge in [0.25, 0.3) is 0 Å². The fourth-order valence-corrected chi connectivity index (χ4v) is 5.97. The first kappa shape index (κ1) is 20.5. The second kappa shape index (κ2) is 7.80. The van der Waals surface area contributed by atoms with Crippen molar-refractivity contribution >= 4 is 71.2 Å². The van der Waals surface area contributed by atoms with Crippen molar-refractivity contribution in [3.63, 3.8) is 0 Å². The quantitative estimate of drug-likeness (QED) is 0.318. The molecule has 0 atom stereocenters. The Labute approximate surface area is 184 Å². The minimum Gasteiger partial charge on any atom is -0.349 e. The van der Waals surface area contributed by atoms with E-state index in [1.54, 1.807) is 12.1 Å². The molecule has 1 aliphatic carbocycles. The minimum atomic E-state index is -3.70. The Morgan fingerprint density at radius 1 is 1.34 bits per heavy atom. The fraction of sp³-hybridized carbons (Fsp3) is 0.211. The van der Waals surface area contributed by atoms with Crippen molar-refractivity contribution in [1.29, 1.82) is 0 Å². The molecule has 2 aromatic carbocycles. The van der Waals surface area contributed by atoms with Gasteiger partial charge in [-0.2, -0.15) is 0 Å². The molecule has 0 unspecified atom stereocenters. The van der Waals surface area contributed by atoms with Gasteiger partial charge in [-0.3, -0.25) is 4.31 Å². The number of hydrogen-bond donors (Lipinski definition) is 1. The standard InChI is InChI=1S/C19H16F2IN3O2S2/c1-2-7-25(29(26,27)12-4-5-12)15-9-16-19(23-10-28-16)17(21)18(15)24-14-6-3-11(22)8-13(14)20/h2-3,6,8-10,12,24H,1,4-5,7H2. The van der Waals surface area contributed by atoms with Crippen molar-refractivity contribution in [2.75, 3.05) is 16.2 Å². The molecule has 1 saturated carbocycles. The average Bonchev–Trinajstić information content (AvgIpc) is 3.43. The van der Waals surface area contributed by atoms with E-state index in [0.717, 1.165) is 4.31 Å². The molecule has 5 nitrogen and oxygen atoms in total. The van der Waals surface area contributed by atoms with Crippen LogP contribution in [0.2, 0.25) is 0 Å². The third-order valence-corrected chi connectivity index (χ3v) is 8.27. The van der Waals surface area contributed by atoms with Crippen LogP contribution in [-0.2, 0) is 10.0 Å². The SMILES string of the molecule is C=CCN(c1cc2scnc2c(F)c1Nc1ccc(I)cc1F)S(=O)(=O)C1CC1. The van der Waals surface area contributed by atoms with Gasteiger partial charge in [-0.05, 0) is 59.7 Å². The zero-order chi connectivity index (χ0) is 20.8. The summed E-state index contributed by atoms with van der Waals surface area (Å²) in [7, 11) is -3.70. The van der Waals surface area contributed by atoms with Gasteiger partial charge in [0.05, 0.1) is 33.4 Å². The summed E-state index contributed by atoms with van der Waals surface area (Å²) >= 11 is 3.18. The molecule has 0 bridgehead atoms. The Morgan fingerprint density at radius 2 is 2.10 bits per heavy atom. The smallest absolute Gasteiger partial charge is 0.238 e. The number of halogens is 3. The van der Waals surface area contributed by atoms with Crippen molar-refractivity contribution in [3.8, 4) is 0 Å². The van der Waals surface area contributed by atoms with Crippen molar-refractivity contribution in [2.45, 2.75) is 18.1 Å². The average molecular weight is 547 g/mol. The number of nitrogens with zero attached hydrogens (tertiary/aromatic N) is 2. The second-order valence-electron chi connectivity index (χ2n) is 6.60. The van der Waals surface area contributed by atoms with Gasteiger partial charge in [0.1, 0.15) is 17.0 Å². The van der Waals surface area contributed by atoms with Crippen LogP contribution in [0.4, 0.5) is 25.8 Å². The van der Waals surface area contributed by atoms with Crippen LogP contribution in [0.1, 0.15) is 12.8 Å². The Hall–Kier alpha value is -1.79.